The van der Waals surface area contributed by atoms with Crippen LogP contribution in [-0.2, 0) is 0 Å². The van der Waals surface area contributed by atoms with Crippen LogP contribution in [0.3, 0.4) is 0 Å². The maximum atomic E-state index is 4.03. The summed E-state index contributed by atoms with van der Waals surface area (Å²) < 4.78 is 2.38. The molecule has 2 rings (SSSR count). The van der Waals surface area contributed by atoms with Crippen LogP contribution in [0, 0.1) is 0 Å². The lowest BCUT2D eigenvalue weighted by atomic mass is 10.2. The van der Waals surface area contributed by atoms with Gasteiger partial charge in [-0.2, -0.15) is 0 Å². The van der Waals surface area contributed by atoms with Crippen molar-refractivity contribution in [3.63, 3.8) is 0 Å². The van der Waals surface area contributed by atoms with E-state index in [0.717, 1.165) is 5.25 Å². The van der Waals surface area contributed by atoms with E-state index < -0.39 is 0 Å². The van der Waals surface area contributed by atoms with Gasteiger partial charge in [0.15, 0.2) is 0 Å². The Morgan fingerprint density at radius 3 is 2.57 bits per heavy atom. The molecule has 0 amide bonds. The van der Waals surface area contributed by atoms with Crippen LogP contribution in [0.2, 0.25) is 0 Å². The summed E-state index contributed by atoms with van der Waals surface area (Å²) in [6.45, 7) is 2.45. The molecule has 0 radical (unpaired) electrons. The first-order valence-corrected chi connectivity index (χ1v) is 6.66. The molecule has 4 heteroatoms. The van der Waals surface area contributed by atoms with Gasteiger partial charge in [-0.25, -0.2) is 3.11 Å². The van der Waals surface area contributed by atoms with Gasteiger partial charge in [0.05, 0.1) is 0 Å². The van der Waals surface area contributed by atoms with Crippen molar-refractivity contribution in [2.24, 2.45) is 0 Å². The Morgan fingerprint density at radius 1 is 1.29 bits per heavy atom. The van der Waals surface area contributed by atoms with Crippen molar-refractivity contribution in [1.82, 2.24) is 8.10 Å². The lowest BCUT2D eigenvalue weighted by Gasteiger charge is -2.26. The zero-order valence-electron chi connectivity index (χ0n) is 7.90. The van der Waals surface area contributed by atoms with Gasteiger partial charge in [-0.3, -0.25) is 4.98 Å². The van der Waals surface area contributed by atoms with E-state index in [1.807, 2.05) is 24.2 Å². The molecule has 0 saturated carbocycles. The first-order chi connectivity index (χ1) is 6.84. The molecule has 1 aromatic rings. The van der Waals surface area contributed by atoms with Crippen LogP contribution in [0.15, 0.2) is 29.4 Å². The SMILES string of the molecule is IN1CCC(Sc2ccncc2)CC1. The Labute approximate surface area is 103 Å². The summed E-state index contributed by atoms with van der Waals surface area (Å²) in [4.78, 5) is 5.38. The average molecular weight is 320 g/mol. The molecule has 0 unspecified atom stereocenters. The van der Waals surface area contributed by atoms with Gasteiger partial charge in [-0.05, 0) is 25.0 Å². The van der Waals surface area contributed by atoms with Gasteiger partial charge in [0.1, 0.15) is 0 Å². The Balaban J connectivity index is 1.87. The summed E-state index contributed by atoms with van der Waals surface area (Å²) in [6.07, 6.45) is 6.34. The van der Waals surface area contributed by atoms with Crippen molar-refractivity contribution in [3.8, 4) is 0 Å². The highest BCUT2D eigenvalue weighted by Crippen LogP contribution is 2.30. The van der Waals surface area contributed by atoms with Crippen molar-refractivity contribution in [1.29, 1.82) is 0 Å². The lowest BCUT2D eigenvalue weighted by molar-refractivity contribution is 0.415. The van der Waals surface area contributed by atoms with Crippen LogP contribution in [-0.4, -0.2) is 26.4 Å². The number of pyridine rings is 1. The summed E-state index contributed by atoms with van der Waals surface area (Å²) in [7, 11) is 0. The number of halogens is 1. The molecule has 14 heavy (non-hydrogen) atoms. The van der Waals surface area contributed by atoms with Gasteiger partial charge in [0, 0.05) is 58.5 Å². The van der Waals surface area contributed by atoms with Gasteiger partial charge >= 0.3 is 0 Å². The van der Waals surface area contributed by atoms with Crippen LogP contribution in [0.5, 0.6) is 0 Å². The highest BCUT2D eigenvalue weighted by molar-refractivity contribution is 14.1. The summed E-state index contributed by atoms with van der Waals surface area (Å²) in [5.74, 6) is 0. The predicted molar refractivity (Wildman–Crippen MR) is 68.7 cm³/mol. The fraction of sp³-hybridized carbons (Fsp3) is 0.500. The number of hydrogen-bond acceptors (Lipinski definition) is 3. The Hall–Kier alpha value is 0.190. The summed E-state index contributed by atoms with van der Waals surface area (Å²) >= 11 is 4.41. The van der Waals surface area contributed by atoms with E-state index in [9.17, 15) is 0 Å². The van der Waals surface area contributed by atoms with Crippen molar-refractivity contribution in [2.45, 2.75) is 23.0 Å². The topological polar surface area (TPSA) is 16.1 Å². The van der Waals surface area contributed by atoms with E-state index in [2.05, 4.69) is 43.1 Å². The minimum absolute atomic E-state index is 0.795. The maximum Gasteiger partial charge on any atom is 0.0278 e. The summed E-state index contributed by atoms with van der Waals surface area (Å²) in [5.41, 5.74) is 0. The smallest absolute Gasteiger partial charge is 0.0278 e. The average Bonchev–Trinajstić information content (AvgIpc) is 2.23. The van der Waals surface area contributed by atoms with Crippen LogP contribution in [0.25, 0.3) is 0 Å². The molecular weight excluding hydrogens is 307 g/mol. The maximum absolute atomic E-state index is 4.03. The van der Waals surface area contributed by atoms with Crippen molar-refractivity contribution >= 4 is 34.6 Å². The highest BCUT2D eigenvalue weighted by atomic mass is 127. The largest absolute Gasteiger partial charge is 0.265 e. The number of aromatic nitrogens is 1. The van der Waals surface area contributed by atoms with Gasteiger partial charge < -0.3 is 0 Å². The molecule has 1 aliphatic heterocycles. The van der Waals surface area contributed by atoms with Crippen molar-refractivity contribution < 1.29 is 0 Å². The molecule has 1 saturated heterocycles. The molecule has 0 N–H and O–H groups in total. The zero-order chi connectivity index (χ0) is 9.80. The van der Waals surface area contributed by atoms with Crippen LogP contribution < -0.4 is 0 Å². The minimum Gasteiger partial charge on any atom is -0.265 e. The van der Waals surface area contributed by atoms with Crippen LogP contribution >= 0.6 is 34.6 Å². The lowest BCUT2D eigenvalue weighted by Crippen LogP contribution is -2.27. The summed E-state index contributed by atoms with van der Waals surface area (Å²) in [5, 5.41) is 0.795. The van der Waals surface area contributed by atoms with Gasteiger partial charge in [-0.1, -0.05) is 0 Å². The molecule has 0 aromatic carbocycles. The molecule has 1 aromatic heterocycles. The monoisotopic (exact) mass is 320 g/mol. The molecule has 0 spiro atoms. The first kappa shape index (κ1) is 10.7. The number of piperidine rings is 1. The molecule has 0 bridgehead atoms. The zero-order valence-corrected chi connectivity index (χ0v) is 10.9. The quantitative estimate of drug-likeness (QED) is 0.616. The highest BCUT2D eigenvalue weighted by Gasteiger charge is 2.18. The number of nitrogens with zero attached hydrogens (tertiary/aromatic N) is 2. The van der Waals surface area contributed by atoms with E-state index in [0.29, 0.717) is 0 Å². The minimum atomic E-state index is 0.795. The fourth-order valence-corrected chi connectivity index (χ4v) is 3.22. The van der Waals surface area contributed by atoms with Crippen LogP contribution in [0.4, 0.5) is 0 Å². The normalized spacial score (nSPS) is 19.8. The number of hydrogen-bond donors (Lipinski definition) is 0. The second-order valence-electron chi connectivity index (χ2n) is 3.41. The summed E-state index contributed by atoms with van der Waals surface area (Å²) in [6, 6.07) is 4.20. The molecule has 0 aliphatic carbocycles. The third kappa shape index (κ3) is 3.10. The third-order valence-electron chi connectivity index (χ3n) is 2.34. The molecule has 1 fully saturated rings. The van der Waals surface area contributed by atoms with Gasteiger partial charge in [0.2, 0.25) is 0 Å². The molecule has 0 atom stereocenters. The second kappa shape index (κ2) is 5.32. The number of rotatable bonds is 2. The molecule has 1 aliphatic rings. The standard InChI is InChI=1S/C10H13IN2S/c11-13-7-3-10(4-8-13)14-9-1-5-12-6-2-9/h1-2,5-6,10H,3-4,7-8H2. The van der Waals surface area contributed by atoms with Gasteiger partial charge in [-0.15, -0.1) is 11.8 Å². The van der Waals surface area contributed by atoms with E-state index in [4.69, 9.17) is 0 Å². The van der Waals surface area contributed by atoms with E-state index in [1.165, 1.54) is 30.8 Å². The Kier molecular flexibility index (Phi) is 4.07. The van der Waals surface area contributed by atoms with Gasteiger partial charge in [0.25, 0.3) is 0 Å². The first-order valence-electron chi connectivity index (χ1n) is 4.82. The fourth-order valence-electron chi connectivity index (χ4n) is 1.55. The molecule has 76 valence electrons. The molecular formula is C10H13IN2S. The van der Waals surface area contributed by atoms with E-state index in [1.54, 1.807) is 0 Å². The molecule has 2 heterocycles. The Morgan fingerprint density at radius 2 is 1.93 bits per heavy atom. The predicted octanol–water partition coefficient (Wildman–Crippen LogP) is 2.99. The van der Waals surface area contributed by atoms with Crippen LogP contribution in [0.1, 0.15) is 12.8 Å². The van der Waals surface area contributed by atoms with Crippen molar-refractivity contribution in [3.05, 3.63) is 24.5 Å². The Bertz CT molecular complexity index is 273. The van der Waals surface area contributed by atoms with E-state index in [-0.39, 0.29) is 0 Å². The molecule has 2 nitrogen and oxygen atoms in total. The second-order valence-corrected chi connectivity index (χ2v) is 6.15. The number of thioether (sulfide) groups is 1. The third-order valence-corrected chi connectivity index (χ3v) is 4.65. The van der Waals surface area contributed by atoms with E-state index >= 15 is 0 Å². The van der Waals surface area contributed by atoms with Crippen molar-refractivity contribution in [2.75, 3.05) is 13.1 Å².